The minimum absolute atomic E-state index is 0.00534. The topological polar surface area (TPSA) is 99.1 Å². The van der Waals surface area contributed by atoms with E-state index in [0.717, 1.165) is 0 Å². The quantitative estimate of drug-likeness (QED) is 0.224. The number of esters is 1. The van der Waals surface area contributed by atoms with Gasteiger partial charge in [0.05, 0.1) is 24.0 Å². The van der Waals surface area contributed by atoms with Crippen molar-refractivity contribution in [2.45, 2.75) is 19.4 Å². The standard InChI is InChI=1S/C10H14ClNO6S/c1-2-17-10(14)9(8(13)5-11)12-18-7-3-4-19(15,16)6-7/h7H,2-6H2,1H3. The van der Waals surface area contributed by atoms with Gasteiger partial charge in [-0.15, -0.1) is 11.6 Å². The SMILES string of the molecule is CCOC(=O)C(=NOC1CCS(=O)(=O)C1)C(=O)CCl. The first-order valence-electron chi connectivity index (χ1n) is 5.60. The van der Waals surface area contributed by atoms with E-state index in [1.807, 2.05) is 0 Å². The first kappa shape index (κ1) is 15.9. The number of Topliss-reactive ketones (excluding diaryl/α,β-unsaturated/α-hetero) is 1. The molecule has 0 radical (unpaired) electrons. The van der Waals surface area contributed by atoms with E-state index in [4.69, 9.17) is 16.4 Å². The molecule has 0 spiro atoms. The van der Waals surface area contributed by atoms with Gasteiger partial charge in [-0.2, -0.15) is 0 Å². The van der Waals surface area contributed by atoms with Crippen molar-refractivity contribution in [2.24, 2.45) is 5.16 Å². The minimum Gasteiger partial charge on any atom is -0.461 e. The summed E-state index contributed by atoms with van der Waals surface area (Å²) in [6.07, 6.45) is -0.380. The highest BCUT2D eigenvalue weighted by Crippen LogP contribution is 2.15. The van der Waals surface area contributed by atoms with Gasteiger partial charge in [0.1, 0.15) is 6.10 Å². The third-order valence-corrected chi connectivity index (χ3v) is 4.32. The molecule has 9 heteroatoms. The number of hydrogen-bond acceptors (Lipinski definition) is 7. The van der Waals surface area contributed by atoms with Gasteiger partial charge in [0, 0.05) is 6.42 Å². The monoisotopic (exact) mass is 311 g/mol. The molecule has 0 aromatic rings. The molecule has 0 amide bonds. The largest absolute Gasteiger partial charge is 0.461 e. The van der Waals surface area contributed by atoms with Crippen LogP contribution in [-0.4, -0.2) is 56.0 Å². The number of ketones is 1. The van der Waals surface area contributed by atoms with E-state index in [9.17, 15) is 18.0 Å². The minimum atomic E-state index is -3.12. The van der Waals surface area contributed by atoms with Crippen LogP contribution in [0.4, 0.5) is 0 Å². The average molecular weight is 312 g/mol. The molecular formula is C10H14ClNO6S. The molecule has 1 saturated heterocycles. The molecule has 108 valence electrons. The molecule has 0 bridgehead atoms. The number of halogens is 1. The van der Waals surface area contributed by atoms with Crippen LogP contribution in [0.15, 0.2) is 5.16 Å². The van der Waals surface area contributed by atoms with Crippen molar-refractivity contribution in [3.8, 4) is 0 Å². The van der Waals surface area contributed by atoms with E-state index in [1.54, 1.807) is 6.92 Å². The average Bonchev–Trinajstić information content (AvgIpc) is 2.69. The van der Waals surface area contributed by atoms with E-state index >= 15 is 0 Å². The van der Waals surface area contributed by atoms with Crippen LogP contribution in [-0.2, 0) is 29.0 Å². The van der Waals surface area contributed by atoms with Crippen LogP contribution in [0.1, 0.15) is 13.3 Å². The molecular weight excluding hydrogens is 298 g/mol. The van der Waals surface area contributed by atoms with E-state index in [0.29, 0.717) is 0 Å². The maximum absolute atomic E-state index is 11.4. The number of ether oxygens (including phenoxy) is 1. The zero-order valence-electron chi connectivity index (χ0n) is 10.3. The zero-order valence-corrected chi connectivity index (χ0v) is 11.9. The lowest BCUT2D eigenvalue weighted by molar-refractivity contribution is -0.136. The fourth-order valence-electron chi connectivity index (χ4n) is 1.44. The second-order valence-electron chi connectivity index (χ2n) is 3.85. The number of carbonyl (C=O) groups excluding carboxylic acids is 2. The number of carbonyl (C=O) groups is 2. The van der Waals surface area contributed by atoms with Gasteiger partial charge < -0.3 is 9.57 Å². The van der Waals surface area contributed by atoms with Gasteiger partial charge in [-0.1, -0.05) is 5.16 Å². The Morgan fingerprint density at radius 2 is 2.11 bits per heavy atom. The van der Waals surface area contributed by atoms with Gasteiger partial charge in [0.15, 0.2) is 9.84 Å². The molecule has 0 N–H and O–H groups in total. The Hall–Kier alpha value is -1.15. The molecule has 19 heavy (non-hydrogen) atoms. The van der Waals surface area contributed by atoms with Crippen LogP contribution in [0.5, 0.6) is 0 Å². The Morgan fingerprint density at radius 1 is 1.42 bits per heavy atom. The molecule has 1 fully saturated rings. The first-order valence-corrected chi connectivity index (χ1v) is 7.95. The zero-order chi connectivity index (χ0) is 14.5. The highest BCUT2D eigenvalue weighted by Gasteiger charge is 2.30. The fraction of sp³-hybridized carbons (Fsp3) is 0.700. The summed E-state index contributed by atoms with van der Waals surface area (Å²) >= 11 is 5.34. The van der Waals surface area contributed by atoms with Crippen molar-refractivity contribution >= 4 is 38.9 Å². The Morgan fingerprint density at radius 3 is 2.58 bits per heavy atom. The van der Waals surface area contributed by atoms with Crippen LogP contribution in [0, 0.1) is 0 Å². The maximum atomic E-state index is 11.4. The van der Waals surface area contributed by atoms with Crippen molar-refractivity contribution < 1.29 is 27.6 Å². The third-order valence-electron chi connectivity index (χ3n) is 2.34. The van der Waals surface area contributed by atoms with Gasteiger partial charge in [0.2, 0.25) is 11.5 Å². The third kappa shape index (κ3) is 4.79. The van der Waals surface area contributed by atoms with Crippen molar-refractivity contribution in [2.75, 3.05) is 24.0 Å². The number of alkyl halides is 1. The predicted molar refractivity (Wildman–Crippen MR) is 67.9 cm³/mol. The van der Waals surface area contributed by atoms with E-state index < -0.39 is 39.3 Å². The summed E-state index contributed by atoms with van der Waals surface area (Å²) < 4.78 is 27.0. The lowest BCUT2D eigenvalue weighted by Gasteiger charge is -2.07. The number of rotatable bonds is 6. The Labute approximate surface area is 115 Å². The molecule has 1 unspecified atom stereocenters. The lowest BCUT2D eigenvalue weighted by atomic mass is 10.3. The number of hydrogen-bond donors (Lipinski definition) is 0. The number of nitrogens with zero attached hydrogens (tertiary/aromatic N) is 1. The fourth-order valence-corrected chi connectivity index (χ4v) is 3.15. The summed E-state index contributed by atoms with van der Waals surface area (Å²) in [4.78, 5) is 27.8. The van der Waals surface area contributed by atoms with Crippen LogP contribution in [0.25, 0.3) is 0 Å². The van der Waals surface area contributed by atoms with Crippen molar-refractivity contribution in [1.82, 2.24) is 0 Å². The summed E-state index contributed by atoms with van der Waals surface area (Å²) in [5.74, 6) is -2.29. The van der Waals surface area contributed by atoms with Crippen LogP contribution in [0.2, 0.25) is 0 Å². The summed E-state index contributed by atoms with van der Waals surface area (Å²) in [6, 6.07) is 0. The second-order valence-corrected chi connectivity index (χ2v) is 6.34. The maximum Gasteiger partial charge on any atom is 0.364 e. The normalized spacial score (nSPS) is 22.0. The number of sulfone groups is 1. The van der Waals surface area contributed by atoms with Crippen LogP contribution < -0.4 is 0 Å². The first-order chi connectivity index (χ1) is 8.89. The molecule has 1 rings (SSSR count). The van der Waals surface area contributed by atoms with E-state index in [2.05, 4.69) is 9.89 Å². The Kier molecular flexibility index (Phi) is 5.74. The van der Waals surface area contributed by atoms with Gasteiger partial charge in [-0.05, 0) is 6.92 Å². The van der Waals surface area contributed by atoms with Crippen molar-refractivity contribution in [3.05, 3.63) is 0 Å². The van der Waals surface area contributed by atoms with Gasteiger partial charge in [0.25, 0.3) is 0 Å². The molecule has 1 aliphatic heterocycles. The highest BCUT2D eigenvalue weighted by atomic mass is 35.5. The molecule has 0 aromatic heterocycles. The van der Waals surface area contributed by atoms with Crippen molar-refractivity contribution in [1.29, 1.82) is 0 Å². The molecule has 1 heterocycles. The molecule has 0 aromatic carbocycles. The van der Waals surface area contributed by atoms with Crippen molar-refractivity contribution in [3.63, 3.8) is 0 Å². The van der Waals surface area contributed by atoms with Gasteiger partial charge in [-0.25, -0.2) is 13.2 Å². The Bertz CT molecular complexity index is 486. The highest BCUT2D eigenvalue weighted by molar-refractivity contribution is 7.91. The Balaban J connectivity index is 2.73. The summed E-state index contributed by atoms with van der Waals surface area (Å²) in [5, 5.41) is 3.40. The van der Waals surface area contributed by atoms with Crippen LogP contribution >= 0.6 is 11.6 Å². The molecule has 7 nitrogen and oxygen atoms in total. The van der Waals surface area contributed by atoms with Gasteiger partial charge in [-0.3, -0.25) is 4.79 Å². The smallest absolute Gasteiger partial charge is 0.364 e. The predicted octanol–water partition coefficient (Wildman–Crippen LogP) is -0.0829. The van der Waals surface area contributed by atoms with E-state index in [1.165, 1.54) is 0 Å². The number of oxime groups is 1. The lowest BCUT2D eigenvalue weighted by Crippen LogP contribution is -2.28. The van der Waals surface area contributed by atoms with E-state index in [-0.39, 0.29) is 24.5 Å². The summed E-state index contributed by atoms with van der Waals surface area (Å²) in [7, 11) is -3.12. The summed E-state index contributed by atoms with van der Waals surface area (Å²) in [5.41, 5.74) is -0.554. The summed E-state index contributed by atoms with van der Waals surface area (Å²) in [6.45, 7) is 1.65. The van der Waals surface area contributed by atoms with Crippen LogP contribution in [0.3, 0.4) is 0 Å². The second kappa shape index (κ2) is 6.85. The molecule has 1 atom stereocenters. The molecule has 0 saturated carbocycles. The molecule has 1 aliphatic rings. The molecule has 0 aliphatic carbocycles. The van der Waals surface area contributed by atoms with Gasteiger partial charge >= 0.3 is 5.97 Å².